The number of hydrogen-bond donors (Lipinski definition) is 1. The van der Waals surface area contributed by atoms with Gasteiger partial charge < -0.3 is 19.3 Å². The molecule has 2 aromatic rings. The Morgan fingerprint density at radius 1 is 1.30 bits per heavy atom. The molecule has 6 heteroatoms. The van der Waals surface area contributed by atoms with Crippen LogP contribution in [-0.4, -0.2) is 23.8 Å². The minimum Gasteiger partial charge on any atom is -0.490 e. The fourth-order valence-electron chi connectivity index (χ4n) is 1.86. The van der Waals surface area contributed by atoms with Gasteiger partial charge in [-0.15, -0.1) is 0 Å². The number of ether oxygens (including phenoxy) is 2. The first-order chi connectivity index (χ1) is 9.74. The van der Waals surface area contributed by atoms with Crippen molar-refractivity contribution in [2.24, 2.45) is 0 Å². The van der Waals surface area contributed by atoms with Crippen LogP contribution in [0.5, 0.6) is 11.5 Å². The molecule has 0 aliphatic heterocycles. The van der Waals surface area contributed by atoms with Crippen LogP contribution in [0.15, 0.2) is 22.7 Å². The van der Waals surface area contributed by atoms with E-state index in [0.29, 0.717) is 30.6 Å². The second-order valence-electron chi connectivity index (χ2n) is 4.23. The van der Waals surface area contributed by atoms with Gasteiger partial charge in [-0.05, 0) is 20.0 Å². The molecule has 0 saturated heterocycles. The maximum absolute atomic E-state index is 5.82. The van der Waals surface area contributed by atoms with Gasteiger partial charge >= 0.3 is 0 Å². The Morgan fingerprint density at radius 2 is 2.15 bits per heavy atom. The zero-order chi connectivity index (χ0) is 14.4. The van der Waals surface area contributed by atoms with Gasteiger partial charge in [0.15, 0.2) is 18.1 Å². The van der Waals surface area contributed by atoms with Crippen LogP contribution in [0.4, 0.5) is 0 Å². The minimum atomic E-state index is 0.248. The van der Waals surface area contributed by atoms with Crippen LogP contribution < -0.4 is 14.8 Å². The summed E-state index contributed by atoms with van der Waals surface area (Å²) >= 11 is 0. The van der Waals surface area contributed by atoms with Crippen molar-refractivity contribution in [3.8, 4) is 11.5 Å². The van der Waals surface area contributed by atoms with Gasteiger partial charge in [-0.25, -0.2) is 0 Å². The van der Waals surface area contributed by atoms with Gasteiger partial charge in [0.05, 0.1) is 6.61 Å². The smallest absolute Gasteiger partial charge is 0.223 e. The molecule has 1 aromatic heterocycles. The lowest BCUT2D eigenvalue weighted by molar-refractivity contribution is 0.255. The molecule has 6 nitrogen and oxygen atoms in total. The van der Waals surface area contributed by atoms with Crippen LogP contribution in [0, 0.1) is 6.92 Å². The topological polar surface area (TPSA) is 69.4 Å². The molecular weight excluding hydrogens is 258 g/mol. The summed E-state index contributed by atoms with van der Waals surface area (Å²) in [4.78, 5) is 4.12. The van der Waals surface area contributed by atoms with Gasteiger partial charge in [0.2, 0.25) is 11.7 Å². The fourth-order valence-corrected chi connectivity index (χ4v) is 1.86. The minimum absolute atomic E-state index is 0.248. The molecule has 1 aromatic carbocycles. The SMILES string of the molecule is CCOc1cccc(CNC)c1OCc1noc(C)n1. The van der Waals surface area contributed by atoms with E-state index in [2.05, 4.69) is 15.5 Å². The number of aryl methyl sites for hydroxylation is 1. The maximum atomic E-state index is 5.82. The largest absolute Gasteiger partial charge is 0.490 e. The van der Waals surface area contributed by atoms with Crippen LogP contribution in [0.25, 0.3) is 0 Å². The average molecular weight is 277 g/mol. The van der Waals surface area contributed by atoms with Crippen molar-refractivity contribution >= 4 is 0 Å². The molecule has 0 aliphatic carbocycles. The van der Waals surface area contributed by atoms with Gasteiger partial charge in [0, 0.05) is 19.0 Å². The third kappa shape index (κ3) is 3.48. The zero-order valence-corrected chi connectivity index (χ0v) is 12.0. The quantitative estimate of drug-likeness (QED) is 0.835. The molecule has 0 saturated carbocycles. The van der Waals surface area contributed by atoms with Crippen LogP contribution in [0.3, 0.4) is 0 Å². The lowest BCUT2D eigenvalue weighted by Crippen LogP contribution is -2.09. The molecule has 0 bridgehead atoms. The van der Waals surface area contributed by atoms with Gasteiger partial charge in [0.1, 0.15) is 0 Å². The molecule has 0 aliphatic rings. The Morgan fingerprint density at radius 3 is 2.80 bits per heavy atom. The highest BCUT2D eigenvalue weighted by molar-refractivity contribution is 5.46. The highest BCUT2D eigenvalue weighted by Gasteiger charge is 2.12. The Labute approximate surface area is 118 Å². The highest BCUT2D eigenvalue weighted by atomic mass is 16.5. The first-order valence-corrected chi connectivity index (χ1v) is 6.55. The van der Waals surface area contributed by atoms with E-state index in [1.54, 1.807) is 6.92 Å². The van der Waals surface area contributed by atoms with Crippen molar-refractivity contribution in [2.75, 3.05) is 13.7 Å². The Bertz CT molecular complexity index is 530. The number of nitrogens with one attached hydrogen (secondary N) is 1. The van der Waals surface area contributed by atoms with E-state index in [-0.39, 0.29) is 6.61 Å². The van der Waals surface area contributed by atoms with E-state index in [9.17, 15) is 0 Å². The van der Waals surface area contributed by atoms with E-state index in [1.165, 1.54) is 0 Å². The maximum Gasteiger partial charge on any atom is 0.223 e. The van der Waals surface area contributed by atoms with Crippen molar-refractivity contribution < 1.29 is 14.0 Å². The van der Waals surface area contributed by atoms with Gasteiger partial charge in [0.25, 0.3) is 0 Å². The Balaban J connectivity index is 2.18. The third-order valence-corrected chi connectivity index (χ3v) is 2.64. The van der Waals surface area contributed by atoms with Crippen molar-refractivity contribution in [3.63, 3.8) is 0 Å². The molecule has 1 heterocycles. The zero-order valence-electron chi connectivity index (χ0n) is 12.0. The second kappa shape index (κ2) is 6.91. The Hall–Kier alpha value is -2.08. The van der Waals surface area contributed by atoms with Gasteiger partial charge in [-0.2, -0.15) is 4.98 Å². The molecule has 108 valence electrons. The second-order valence-corrected chi connectivity index (χ2v) is 4.23. The average Bonchev–Trinajstić information content (AvgIpc) is 2.84. The van der Waals surface area contributed by atoms with Gasteiger partial charge in [-0.3, -0.25) is 0 Å². The summed E-state index contributed by atoms with van der Waals surface area (Å²) in [6.07, 6.45) is 0. The molecule has 2 rings (SSSR count). The van der Waals surface area contributed by atoms with E-state index in [4.69, 9.17) is 14.0 Å². The number of rotatable bonds is 7. The van der Waals surface area contributed by atoms with E-state index in [0.717, 1.165) is 11.3 Å². The predicted molar refractivity (Wildman–Crippen MR) is 73.7 cm³/mol. The highest BCUT2D eigenvalue weighted by Crippen LogP contribution is 2.32. The van der Waals surface area contributed by atoms with E-state index < -0.39 is 0 Å². The first-order valence-electron chi connectivity index (χ1n) is 6.55. The van der Waals surface area contributed by atoms with Gasteiger partial charge in [-0.1, -0.05) is 17.3 Å². The summed E-state index contributed by atoms with van der Waals surface area (Å²) in [7, 11) is 1.89. The summed E-state index contributed by atoms with van der Waals surface area (Å²) < 4.78 is 16.3. The normalized spacial score (nSPS) is 10.6. The van der Waals surface area contributed by atoms with E-state index in [1.807, 2.05) is 32.2 Å². The fraction of sp³-hybridized carbons (Fsp3) is 0.429. The standard InChI is InChI=1S/C14H19N3O3/c1-4-18-12-7-5-6-11(8-15-3)14(12)19-9-13-16-10(2)20-17-13/h5-7,15H,4,8-9H2,1-3H3. The molecule has 0 spiro atoms. The number of para-hydroxylation sites is 1. The van der Waals surface area contributed by atoms with Crippen LogP contribution in [-0.2, 0) is 13.2 Å². The summed E-state index contributed by atoms with van der Waals surface area (Å²) in [5, 5.41) is 6.93. The summed E-state index contributed by atoms with van der Waals surface area (Å²) in [6.45, 7) is 5.22. The lowest BCUT2D eigenvalue weighted by Gasteiger charge is -2.14. The summed E-state index contributed by atoms with van der Waals surface area (Å²) in [5.41, 5.74) is 1.03. The number of hydrogen-bond acceptors (Lipinski definition) is 6. The van der Waals surface area contributed by atoms with Crippen molar-refractivity contribution in [3.05, 3.63) is 35.5 Å². The number of aromatic nitrogens is 2. The first kappa shape index (κ1) is 14.3. The summed E-state index contributed by atoms with van der Waals surface area (Å²) in [6, 6.07) is 5.83. The molecule has 20 heavy (non-hydrogen) atoms. The number of nitrogens with zero attached hydrogens (tertiary/aromatic N) is 2. The van der Waals surface area contributed by atoms with Crippen molar-refractivity contribution in [1.29, 1.82) is 0 Å². The predicted octanol–water partition coefficient (Wildman–Crippen LogP) is 2.08. The number of benzene rings is 1. The monoisotopic (exact) mass is 277 g/mol. The molecule has 0 unspecified atom stereocenters. The molecular formula is C14H19N3O3. The summed E-state index contributed by atoms with van der Waals surface area (Å²) in [5.74, 6) is 2.48. The van der Waals surface area contributed by atoms with Crippen LogP contribution in [0.1, 0.15) is 24.2 Å². The lowest BCUT2D eigenvalue weighted by atomic mass is 10.2. The molecule has 0 amide bonds. The Kier molecular flexibility index (Phi) is 4.95. The van der Waals surface area contributed by atoms with Crippen molar-refractivity contribution in [2.45, 2.75) is 27.0 Å². The van der Waals surface area contributed by atoms with Crippen LogP contribution in [0.2, 0.25) is 0 Å². The molecule has 0 fully saturated rings. The van der Waals surface area contributed by atoms with E-state index >= 15 is 0 Å². The third-order valence-electron chi connectivity index (χ3n) is 2.64. The molecule has 1 N–H and O–H groups in total. The molecule has 0 atom stereocenters. The molecule has 0 radical (unpaired) electrons. The van der Waals surface area contributed by atoms with Crippen molar-refractivity contribution in [1.82, 2.24) is 15.5 Å². The van der Waals surface area contributed by atoms with Crippen LogP contribution >= 0.6 is 0 Å².